The molecule has 0 radical (unpaired) electrons. The van der Waals surface area contributed by atoms with E-state index in [1.54, 1.807) is 20.8 Å². The Bertz CT molecular complexity index is 980. The number of piperidine rings is 1. The van der Waals surface area contributed by atoms with Crippen LogP contribution in [0.3, 0.4) is 0 Å². The predicted octanol–water partition coefficient (Wildman–Crippen LogP) is 2.01. The highest BCUT2D eigenvalue weighted by molar-refractivity contribution is 7.88. The second kappa shape index (κ2) is 7.14. The number of sulfonamides is 1. The molecule has 0 N–H and O–H groups in total. The van der Waals surface area contributed by atoms with Gasteiger partial charge in [0.15, 0.2) is 11.5 Å². The summed E-state index contributed by atoms with van der Waals surface area (Å²) < 4.78 is 65.7. The van der Waals surface area contributed by atoms with E-state index in [-0.39, 0.29) is 11.7 Å². The van der Waals surface area contributed by atoms with Gasteiger partial charge < -0.3 is 4.90 Å². The first-order valence-electron chi connectivity index (χ1n) is 8.96. The minimum Gasteiger partial charge on any atom is -0.355 e. The van der Waals surface area contributed by atoms with Crippen molar-refractivity contribution in [1.82, 2.24) is 24.1 Å². The summed E-state index contributed by atoms with van der Waals surface area (Å²) in [5.74, 6) is -0.716. The number of halogens is 3. The molecule has 28 heavy (non-hydrogen) atoms. The second-order valence-electron chi connectivity index (χ2n) is 7.01. The van der Waals surface area contributed by atoms with Gasteiger partial charge in [0.2, 0.25) is 10.0 Å². The van der Waals surface area contributed by atoms with E-state index < -0.39 is 22.0 Å². The van der Waals surface area contributed by atoms with E-state index in [0.29, 0.717) is 43.9 Å². The number of hydrogen-bond donors (Lipinski definition) is 0. The van der Waals surface area contributed by atoms with Crippen molar-refractivity contribution in [2.75, 3.05) is 30.8 Å². The molecule has 0 atom stereocenters. The fourth-order valence-corrected chi connectivity index (χ4v) is 4.94. The van der Waals surface area contributed by atoms with Gasteiger partial charge in [-0.2, -0.15) is 22.0 Å². The van der Waals surface area contributed by atoms with Crippen LogP contribution in [0, 0.1) is 13.8 Å². The van der Waals surface area contributed by atoms with Gasteiger partial charge in [0.05, 0.1) is 6.26 Å². The van der Waals surface area contributed by atoms with Crippen molar-refractivity contribution in [3.05, 3.63) is 17.0 Å². The molecule has 0 bridgehead atoms. The molecule has 2 aromatic heterocycles. The molecule has 3 heterocycles. The zero-order valence-corrected chi connectivity index (χ0v) is 17.0. The van der Waals surface area contributed by atoms with Crippen molar-refractivity contribution in [1.29, 1.82) is 0 Å². The van der Waals surface area contributed by atoms with Crippen LogP contribution in [0.5, 0.6) is 0 Å². The lowest BCUT2D eigenvalue weighted by Gasteiger charge is -2.37. The molecule has 0 unspecified atom stereocenters. The van der Waals surface area contributed by atoms with Gasteiger partial charge in [0.25, 0.3) is 5.82 Å². The molecule has 12 heteroatoms. The highest BCUT2D eigenvalue weighted by Gasteiger charge is 2.38. The van der Waals surface area contributed by atoms with Crippen LogP contribution in [0.25, 0.3) is 5.65 Å². The molecule has 0 saturated carbocycles. The van der Waals surface area contributed by atoms with Crippen molar-refractivity contribution >= 4 is 21.5 Å². The molecule has 1 aliphatic rings. The molecule has 1 saturated heterocycles. The Balaban J connectivity index is 1.92. The van der Waals surface area contributed by atoms with Crippen molar-refractivity contribution in [2.45, 2.75) is 45.8 Å². The third-order valence-electron chi connectivity index (χ3n) is 5.23. The molecule has 8 nitrogen and oxygen atoms in total. The van der Waals surface area contributed by atoms with Crippen LogP contribution in [0.4, 0.5) is 19.0 Å². The van der Waals surface area contributed by atoms with Crippen LogP contribution in [0.1, 0.15) is 36.7 Å². The van der Waals surface area contributed by atoms with E-state index in [4.69, 9.17) is 0 Å². The van der Waals surface area contributed by atoms with Gasteiger partial charge in [0, 0.05) is 36.8 Å². The van der Waals surface area contributed by atoms with Crippen molar-refractivity contribution in [3.63, 3.8) is 0 Å². The summed E-state index contributed by atoms with van der Waals surface area (Å²) in [6.07, 6.45) is -2.31. The lowest BCUT2D eigenvalue weighted by atomic mass is 10.0. The molecular formula is C16H23F3N6O2S. The molecule has 0 aliphatic carbocycles. The normalized spacial score (nSPS) is 17.1. The summed E-state index contributed by atoms with van der Waals surface area (Å²) >= 11 is 0. The zero-order valence-electron chi connectivity index (χ0n) is 16.2. The van der Waals surface area contributed by atoms with E-state index in [1.807, 2.05) is 4.90 Å². The minimum atomic E-state index is -4.66. The fourth-order valence-electron chi connectivity index (χ4n) is 3.72. The van der Waals surface area contributed by atoms with Gasteiger partial charge in [0.1, 0.15) is 0 Å². The Hall–Kier alpha value is -1.95. The number of anilines is 1. The average molecular weight is 420 g/mol. The smallest absolute Gasteiger partial charge is 0.355 e. The average Bonchev–Trinajstić information content (AvgIpc) is 3.02. The van der Waals surface area contributed by atoms with E-state index >= 15 is 0 Å². The third-order valence-corrected chi connectivity index (χ3v) is 6.64. The molecule has 1 aliphatic heterocycles. The number of aromatic nitrogens is 4. The maximum absolute atomic E-state index is 13.2. The molecule has 0 spiro atoms. The van der Waals surface area contributed by atoms with Crippen LogP contribution in [-0.4, -0.2) is 64.5 Å². The lowest BCUT2D eigenvalue weighted by Crippen LogP contribution is -2.47. The predicted molar refractivity (Wildman–Crippen MR) is 97.7 cm³/mol. The minimum absolute atomic E-state index is 0.0812. The molecule has 156 valence electrons. The van der Waals surface area contributed by atoms with E-state index in [1.165, 1.54) is 10.6 Å². The van der Waals surface area contributed by atoms with Gasteiger partial charge in [-0.1, -0.05) is 6.92 Å². The number of nitrogens with zero attached hydrogens (tertiary/aromatic N) is 6. The van der Waals surface area contributed by atoms with Crippen LogP contribution in [0.15, 0.2) is 0 Å². The largest absolute Gasteiger partial charge is 0.453 e. The third kappa shape index (κ3) is 3.66. The quantitative estimate of drug-likeness (QED) is 0.753. The molecule has 0 amide bonds. The summed E-state index contributed by atoms with van der Waals surface area (Å²) in [6, 6.07) is -0.123. The summed E-state index contributed by atoms with van der Waals surface area (Å²) in [7, 11) is -3.30. The zero-order chi connectivity index (χ0) is 20.9. The van der Waals surface area contributed by atoms with Crippen LogP contribution >= 0.6 is 0 Å². The van der Waals surface area contributed by atoms with Gasteiger partial charge in [-0.15, -0.1) is 15.3 Å². The molecule has 0 aromatic carbocycles. The van der Waals surface area contributed by atoms with Gasteiger partial charge in [-0.25, -0.2) is 8.42 Å². The first-order valence-corrected chi connectivity index (χ1v) is 10.8. The number of rotatable bonds is 4. The van der Waals surface area contributed by atoms with E-state index in [2.05, 4.69) is 15.3 Å². The molecule has 1 fully saturated rings. The summed E-state index contributed by atoms with van der Waals surface area (Å²) in [4.78, 5) is 1.90. The summed E-state index contributed by atoms with van der Waals surface area (Å²) in [5, 5.41) is 11.1. The van der Waals surface area contributed by atoms with E-state index in [0.717, 1.165) is 10.1 Å². The van der Waals surface area contributed by atoms with Crippen LogP contribution < -0.4 is 4.90 Å². The number of hydrogen-bond acceptors (Lipinski definition) is 6. The Kier molecular flexibility index (Phi) is 5.30. The monoisotopic (exact) mass is 420 g/mol. The summed E-state index contributed by atoms with van der Waals surface area (Å²) in [5.41, 5.74) is 1.40. The Morgan fingerprint density at radius 2 is 1.75 bits per heavy atom. The standard InChI is InChI=1S/C16H23F3N6O2S/c1-5-24(28(4,26)27)12-6-8-23(9-7-12)14-11(3)10(2)13-20-21-15(16(17,18)19)25(13)22-14/h12H,5-9H2,1-4H3. The lowest BCUT2D eigenvalue weighted by molar-refractivity contribution is -0.146. The van der Waals surface area contributed by atoms with Gasteiger partial charge in [-0.05, 0) is 26.7 Å². The number of aryl methyl sites for hydroxylation is 1. The second-order valence-corrected chi connectivity index (χ2v) is 8.95. The molecular weight excluding hydrogens is 397 g/mol. The number of alkyl halides is 3. The topological polar surface area (TPSA) is 83.7 Å². The van der Waals surface area contributed by atoms with Gasteiger partial charge in [-0.3, -0.25) is 0 Å². The Morgan fingerprint density at radius 3 is 2.25 bits per heavy atom. The highest BCUT2D eigenvalue weighted by Crippen LogP contribution is 2.31. The SMILES string of the molecule is CCN(C1CCN(c2nn3c(C(F)(F)F)nnc3c(C)c2C)CC1)S(C)(=O)=O. The maximum Gasteiger partial charge on any atom is 0.453 e. The molecule has 3 rings (SSSR count). The fraction of sp³-hybridized carbons (Fsp3) is 0.688. The van der Waals surface area contributed by atoms with Gasteiger partial charge >= 0.3 is 6.18 Å². The van der Waals surface area contributed by atoms with Crippen molar-refractivity contribution < 1.29 is 21.6 Å². The Morgan fingerprint density at radius 1 is 1.14 bits per heavy atom. The highest BCUT2D eigenvalue weighted by atomic mass is 32.2. The first kappa shape index (κ1) is 20.8. The van der Waals surface area contributed by atoms with E-state index in [9.17, 15) is 21.6 Å². The van der Waals surface area contributed by atoms with Crippen LogP contribution in [-0.2, 0) is 16.2 Å². The molecule has 2 aromatic rings. The maximum atomic E-state index is 13.2. The van der Waals surface area contributed by atoms with Crippen molar-refractivity contribution in [3.8, 4) is 0 Å². The van der Waals surface area contributed by atoms with Crippen molar-refractivity contribution in [2.24, 2.45) is 0 Å². The Labute approximate surface area is 161 Å². The first-order chi connectivity index (χ1) is 12.9. The van der Waals surface area contributed by atoms with Crippen LogP contribution in [0.2, 0.25) is 0 Å². The summed E-state index contributed by atoms with van der Waals surface area (Å²) in [6.45, 7) is 6.67. The number of fused-ring (bicyclic) bond motifs is 1.